The van der Waals surface area contributed by atoms with Crippen molar-refractivity contribution in [1.29, 1.82) is 0 Å². The van der Waals surface area contributed by atoms with E-state index < -0.39 is 6.61 Å². The number of nitrogens with zero attached hydrogens (tertiary/aromatic N) is 2. The normalized spacial score (nSPS) is 10.2. The lowest BCUT2D eigenvalue weighted by atomic mass is 10.1. The monoisotopic (exact) mass is 357 g/mol. The number of amides is 1. The summed E-state index contributed by atoms with van der Waals surface area (Å²) in [5.41, 5.74) is 7.45. The average molecular weight is 358 g/mol. The number of halogens is 3. The summed E-state index contributed by atoms with van der Waals surface area (Å²) < 4.78 is 28.5. The summed E-state index contributed by atoms with van der Waals surface area (Å²) in [6.45, 7) is -2.25. The predicted octanol–water partition coefficient (Wildman–Crippen LogP) is 2.84. The van der Waals surface area contributed by atoms with Gasteiger partial charge in [0.15, 0.2) is 0 Å². The van der Waals surface area contributed by atoms with Crippen LogP contribution < -0.4 is 10.5 Å². The Morgan fingerprint density at radius 1 is 1.29 bits per heavy atom. The smallest absolute Gasteiger partial charge is 0.387 e. The second kappa shape index (κ2) is 9.14. The summed E-state index contributed by atoms with van der Waals surface area (Å²) in [6, 6.07) is 9.44. The third-order valence-electron chi connectivity index (χ3n) is 3.19. The van der Waals surface area contributed by atoms with Gasteiger partial charge >= 0.3 is 6.61 Å². The molecule has 0 radical (unpaired) electrons. The predicted molar refractivity (Wildman–Crippen MR) is 88.2 cm³/mol. The van der Waals surface area contributed by atoms with E-state index in [2.05, 4.69) is 9.72 Å². The molecule has 1 aromatic carbocycles. The Hall–Kier alpha value is -2.25. The van der Waals surface area contributed by atoms with Gasteiger partial charge in [0.1, 0.15) is 5.75 Å². The number of carbonyl (C=O) groups excluding carboxylic acids is 1. The number of rotatable bonds is 6. The van der Waals surface area contributed by atoms with Crippen molar-refractivity contribution in [2.45, 2.75) is 19.7 Å². The van der Waals surface area contributed by atoms with E-state index >= 15 is 0 Å². The minimum Gasteiger partial charge on any atom is -0.435 e. The van der Waals surface area contributed by atoms with Gasteiger partial charge in [-0.05, 0) is 29.8 Å². The maximum absolute atomic E-state index is 12.4. The van der Waals surface area contributed by atoms with Crippen molar-refractivity contribution in [2.75, 3.05) is 7.05 Å². The summed E-state index contributed by atoms with van der Waals surface area (Å²) in [5.74, 6) is -0.0885. The van der Waals surface area contributed by atoms with Gasteiger partial charge in [0.2, 0.25) is 0 Å². The number of pyridine rings is 1. The van der Waals surface area contributed by atoms with E-state index in [4.69, 9.17) is 5.73 Å². The van der Waals surface area contributed by atoms with Gasteiger partial charge < -0.3 is 15.4 Å². The van der Waals surface area contributed by atoms with Crippen LogP contribution in [0, 0.1) is 0 Å². The third-order valence-corrected chi connectivity index (χ3v) is 3.19. The molecule has 0 atom stereocenters. The fraction of sp³-hybridized carbons (Fsp3) is 0.250. The fourth-order valence-corrected chi connectivity index (χ4v) is 2.07. The molecule has 0 aliphatic rings. The van der Waals surface area contributed by atoms with E-state index in [-0.39, 0.29) is 30.6 Å². The Balaban J connectivity index is 0.00000288. The molecule has 1 amide bonds. The molecule has 2 aromatic rings. The quantitative estimate of drug-likeness (QED) is 0.863. The summed E-state index contributed by atoms with van der Waals surface area (Å²) in [5, 5.41) is 0. The minimum atomic E-state index is -2.85. The molecule has 0 aliphatic carbocycles. The number of benzene rings is 1. The van der Waals surface area contributed by atoms with Crippen LogP contribution in [0.25, 0.3) is 0 Å². The number of hydrogen-bond donors (Lipinski definition) is 1. The molecular formula is C16H18ClF2N3O2. The zero-order valence-corrected chi connectivity index (χ0v) is 13.8. The van der Waals surface area contributed by atoms with E-state index in [0.717, 1.165) is 5.56 Å². The molecule has 0 aliphatic heterocycles. The number of hydrogen-bond acceptors (Lipinski definition) is 4. The van der Waals surface area contributed by atoms with E-state index in [0.29, 0.717) is 17.8 Å². The fourth-order valence-electron chi connectivity index (χ4n) is 2.07. The molecule has 2 rings (SSSR count). The summed E-state index contributed by atoms with van der Waals surface area (Å²) in [4.78, 5) is 17.9. The zero-order valence-electron chi connectivity index (χ0n) is 13.0. The van der Waals surface area contributed by atoms with Crippen LogP contribution in [0.3, 0.4) is 0 Å². The van der Waals surface area contributed by atoms with Crippen molar-refractivity contribution in [2.24, 2.45) is 5.73 Å². The lowest BCUT2D eigenvalue weighted by Crippen LogP contribution is -2.26. The maximum atomic E-state index is 12.4. The Labute approximate surface area is 144 Å². The summed E-state index contributed by atoms with van der Waals surface area (Å²) >= 11 is 0. The first kappa shape index (κ1) is 19.8. The van der Waals surface area contributed by atoms with Crippen LogP contribution in [0.1, 0.15) is 21.6 Å². The number of ether oxygens (including phenoxy) is 1. The highest BCUT2D eigenvalue weighted by Gasteiger charge is 2.13. The SMILES string of the molecule is CN(Cc1ccc(OC(F)F)cc1)C(=O)c1ccnc(CN)c1.Cl. The first-order chi connectivity index (χ1) is 11.0. The molecule has 0 saturated heterocycles. The zero-order chi connectivity index (χ0) is 16.8. The van der Waals surface area contributed by atoms with Crippen LogP contribution in [-0.4, -0.2) is 29.5 Å². The highest BCUT2D eigenvalue weighted by molar-refractivity contribution is 5.94. The van der Waals surface area contributed by atoms with E-state index in [1.165, 1.54) is 17.0 Å². The number of carbonyl (C=O) groups is 1. The van der Waals surface area contributed by atoms with Gasteiger partial charge in [-0.1, -0.05) is 12.1 Å². The Morgan fingerprint density at radius 2 is 1.96 bits per heavy atom. The van der Waals surface area contributed by atoms with Crippen molar-refractivity contribution in [1.82, 2.24) is 9.88 Å². The van der Waals surface area contributed by atoms with E-state index in [9.17, 15) is 13.6 Å². The Kier molecular flexibility index (Phi) is 7.54. The van der Waals surface area contributed by atoms with Crippen LogP contribution in [0.15, 0.2) is 42.6 Å². The maximum Gasteiger partial charge on any atom is 0.387 e. The lowest BCUT2D eigenvalue weighted by molar-refractivity contribution is -0.0498. The Morgan fingerprint density at radius 3 is 2.54 bits per heavy atom. The molecule has 0 saturated carbocycles. The number of nitrogens with two attached hydrogens (primary N) is 1. The van der Waals surface area contributed by atoms with Crippen LogP contribution in [0.5, 0.6) is 5.75 Å². The van der Waals surface area contributed by atoms with Crippen molar-refractivity contribution < 1.29 is 18.3 Å². The number of aromatic nitrogens is 1. The molecule has 0 fully saturated rings. The second-order valence-electron chi connectivity index (χ2n) is 4.92. The molecule has 1 heterocycles. The highest BCUT2D eigenvalue weighted by Crippen LogP contribution is 2.16. The highest BCUT2D eigenvalue weighted by atomic mass is 35.5. The topological polar surface area (TPSA) is 68.5 Å². The van der Waals surface area contributed by atoms with Gasteiger partial charge in [0.25, 0.3) is 5.91 Å². The Bertz CT molecular complexity index is 669. The van der Waals surface area contributed by atoms with Gasteiger partial charge in [-0.25, -0.2) is 0 Å². The van der Waals surface area contributed by atoms with Gasteiger partial charge in [0.05, 0.1) is 5.69 Å². The van der Waals surface area contributed by atoms with E-state index in [1.54, 1.807) is 37.5 Å². The molecule has 24 heavy (non-hydrogen) atoms. The molecule has 0 bridgehead atoms. The second-order valence-corrected chi connectivity index (χ2v) is 4.92. The average Bonchev–Trinajstić information content (AvgIpc) is 2.55. The summed E-state index contributed by atoms with van der Waals surface area (Å²) in [6.07, 6.45) is 1.54. The lowest BCUT2D eigenvalue weighted by Gasteiger charge is -2.18. The minimum absolute atomic E-state index is 0. The molecule has 130 valence electrons. The molecule has 5 nitrogen and oxygen atoms in total. The van der Waals surface area contributed by atoms with Gasteiger partial charge in [-0.15, -0.1) is 12.4 Å². The van der Waals surface area contributed by atoms with Crippen LogP contribution in [0.2, 0.25) is 0 Å². The van der Waals surface area contributed by atoms with Gasteiger partial charge in [0, 0.05) is 31.9 Å². The number of alkyl halides is 2. The molecule has 0 unspecified atom stereocenters. The molecule has 8 heteroatoms. The standard InChI is InChI=1S/C16H17F2N3O2.ClH/c1-21(15(22)12-6-7-20-13(8-12)9-19)10-11-2-4-14(5-3-11)23-16(17)18;/h2-8,16H,9-10,19H2,1H3;1H. The van der Waals surface area contributed by atoms with E-state index in [1.807, 2.05) is 0 Å². The van der Waals surface area contributed by atoms with Crippen LogP contribution in [-0.2, 0) is 13.1 Å². The molecular weight excluding hydrogens is 340 g/mol. The van der Waals surface area contributed by atoms with Crippen molar-refractivity contribution in [3.05, 3.63) is 59.4 Å². The van der Waals surface area contributed by atoms with Gasteiger partial charge in [-0.2, -0.15) is 8.78 Å². The van der Waals surface area contributed by atoms with Crippen molar-refractivity contribution in [3.8, 4) is 5.75 Å². The van der Waals surface area contributed by atoms with Crippen LogP contribution in [0.4, 0.5) is 8.78 Å². The van der Waals surface area contributed by atoms with Gasteiger partial charge in [-0.3, -0.25) is 9.78 Å². The molecule has 2 N–H and O–H groups in total. The van der Waals surface area contributed by atoms with Crippen molar-refractivity contribution >= 4 is 18.3 Å². The van der Waals surface area contributed by atoms with Crippen LogP contribution >= 0.6 is 12.4 Å². The largest absolute Gasteiger partial charge is 0.435 e. The first-order valence-corrected chi connectivity index (χ1v) is 6.94. The summed E-state index contributed by atoms with van der Waals surface area (Å²) in [7, 11) is 1.66. The molecule has 1 aromatic heterocycles. The first-order valence-electron chi connectivity index (χ1n) is 6.94. The van der Waals surface area contributed by atoms with Crippen molar-refractivity contribution in [3.63, 3.8) is 0 Å². The third kappa shape index (κ3) is 5.43. The molecule has 0 spiro atoms.